The van der Waals surface area contributed by atoms with Gasteiger partial charge < -0.3 is 9.88 Å². The van der Waals surface area contributed by atoms with E-state index in [1.807, 2.05) is 54.4 Å². The fraction of sp³-hybridized carbons (Fsp3) is 0.227. The highest BCUT2D eigenvalue weighted by molar-refractivity contribution is 6.30. The van der Waals surface area contributed by atoms with Crippen LogP contribution in [0.4, 0.5) is 0 Å². The Labute approximate surface area is 158 Å². The molecule has 1 amide bonds. The molecule has 1 aliphatic rings. The maximum absolute atomic E-state index is 12.9. The quantitative estimate of drug-likeness (QED) is 0.671. The lowest BCUT2D eigenvalue weighted by atomic mass is 9.98. The lowest BCUT2D eigenvalue weighted by Gasteiger charge is -2.26. The summed E-state index contributed by atoms with van der Waals surface area (Å²) < 4.78 is 0. The normalized spacial score (nSPS) is 17.6. The van der Waals surface area contributed by atoms with Crippen LogP contribution in [0.5, 0.6) is 0 Å². The number of carbonyl (C=O) groups excluding carboxylic acids is 1. The summed E-state index contributed by atoms with van der Waals surface area (Å²) >= 11 is 5.97. The molecule has 2 heterocycles. The first-order valence-corrected chi connectivity index (χ1v) is 9.23. The van der Waals surface area contributed by atoms with Gasteiger partial charge in [-0.15, -0.1) is 0 Å². The lowest BCUT2D eigenvalue weighted by molar-refractivity contribution is -0.127. The largest absolute Gasteiger partial charge is 0.361 e. The Morgan fingerprint density at radius 2 is 1.81 bits per heavy atom. The number of rotatable bonds is 4. The van der Waals surface area contributed by atoms with Crippen LogP contribution in [-0.2, 0) is 11.2 Å². The number of carbonyl (C=O) groups is 1. The van der Waals surface area contributed by atoms with Crippen LogP contribution in [0, 0.1) is 0 Å². The van der Waals surface area contributed by atoms with Crippen LogP contribution in [0.1, 0.15) is 31.0 Å². The number of hydrogen-bond donors (Lipinski definition) is 1. The number of fused-ring (bicyclic) bond motifs is 1. The Bertz CT molecular complexity index is 1000. The number of H-pyrrole nitrogens is 1. The second-order valence-corrected chi connectivity index (χ2v) is 7.31. The summed E-state index contributed by atoms with van der Waals surface area (Å²) in [6.07, 6.45) is 2.85. The molecule has 1 N–H and O–H groups in total. The van der Waals surface area contributed by atoms with E-state index in [1.165, 1.54) is 16.5 Å². The summed E-state index contributed by atoms with van der Waals surface area (Å²) in [6, 6.07) is 16.1. The average molecular weight is 365 g/mol. The molecule has 1 unspecified atom stereocenters. The van der Waals surface area contributed by atoms with Gasteiger partial charge in [0, 0.05) is 39.8 Å². The molecule has 0 fully saturated rings. The van der Waals surface area contributed by atoms with Crippen LogP contribution in [0.25, 0.3) is 10.9 Å². The number of aromatic nitrogens is 1. The Kier molecular flexibility index (Phi) is 4.33. The molecular formula is C22H21ClN2O. The first-order chi connectivity index (χ1) is 12.6. The van der Waals surface area contributed by atoms with Gasteiger partial charge in [0.1, 0.15) is 0 Å². The molecule has 0 saturated carbocycles. The van der Waals surface area contributed by atoms with Gasteiger partial charge in [0.25, 0.3) is 0 Å². The number of hydrogen-bond acceptors (Lipinski definition) is 1. The standard InChI is InChI=1S/C22H21ClN2O/c1-14-15(2)22(26)25(12-11-16-7-9-17(23)10-8-16)21(14)19-13-24-20-6-4-3-5-18(19)20/h3-10,13,21,24H,11-12H2,1-2H3. The van der Waals surface area contributed by atoms with Crippen molar-refractivity contribution in [2.24, 2.45) is 0 Å². The van der Waals surface area contributed by atoms with E-state index in [9.17, 15) is 4.79 Å². The number of nitrogens with one attached hydrogen (secondary N) is 1. The van der Waals surface area contributed by atoms with E-state index < -0.39 is 0 Å². The predicted octanol–water partition coefficient (Wildman–Crippen LogP) is 5.28. The lowest BCUT2D eigenvalue weighted by Crippen LogP contribution is -2.32. The van der Waals surface area contributed by atoms with Gasteiger partial charge in [0.05, 0.1) is 6.04 Å². The molecule has 1 aromatic heterocycles. The zero-order valence-electron chi connectivity index (χ0n) is 14.9. The fourth-order valence-corrected chi connectivity index (χ4v) is 3.92. The van der Waals surface area contributed by atoms with Gasteiger partial charge in [-0.2, -0.15) is 0 Å². The van der Waals surface area contributed by atoms with Crippen LogP contribution in [0.2, 0.25) is 5.02 Å². The molecular weight excluding hydrogens is 344 g/mol. The minimum absolute atomic E-state index is 0.00838. The number of halogens is 1. The van der Waals surface area contributed by atoms with E-state index in [1.54, 1.807) is 0 Å². The van der Waals surface area contributed by atoms with Crippen LogP contribution in [0.15, 0.2) is 65.9 Å². The highest BCUT2D eigenvalue weighted by Crippen LogP contribution is 2.40. The third kappa shape index (κ3) is 2.82. The summed E-state index contributed by atoms with van der Waals surface area (Å²) in [5, 5.41) is 1.91. The van der Waals surface area contributed by atoms with Crippen LogP contribution < -0.4 is 0 Å². The second-order valence-electron chi connectivity index (χ2n) is 6.88. The molecule has 0 spiro atoms. The van der Waals surface area contributed by atoms with E-state index in [0.717, 1.165) is 28.1 Å². The third-order valence-corrected chi connectivity index (χ3v) is 5.62. The first kappa shape index (κ1) is 16.9. The maximum Gasteiger partial charge on any atom is 0.250 e. The van der Waals surface area contributed by atoms with Crippen molar-refractivity contribution in [2.45, 2.75) is 26.3 Å². The van der Waals surface area contributed by atoms with Crippen molar-refractivity contribution in [1.29, 1.82) is 0 Å². The topological polar surface area (TPSA) is 36.1 Å². The molecule has 1 atom stereocenters. The fourth-order valence-electron chi connectivity index (χ4n) is 3.79. The van der Waals surface area contributed by atoms with Crippen molar-refractivity contribution in [2.75, 3.05) is 6.54 Å². The number of aromatic amines is 1. The van der Waals surface area contributed by atoms with Gasteiger partial charge in [0.15, 0.2) is 0 Å². The van der Waals surface area contributed by atoms with Crippen molar-refractivity contribution in [3.8, 4) is 0 Å². The third-order valence-electron chi connectivity index (χ3n) is 5.37. The Balaban J connectivity index is 1.66. The zero-order chi connectivity index (χ0) is 18.3. The summed E-state index contributed by atoms with van der Waals surface area (Å²) in [5.41, 5.74) is 5.44. The Hall–Kier alpha value is -2.52. The number of nitrogens with zero attached hydrogens (tertiary/aromatic N) is 1. The van der Waals surface area contributed by atoms with Gasteiger partial charge in [-0.1, -0.05) is 41.9 Å². The van der Waals surface area contributed by atoms with Crippen molar-refractivity contribution >= 4 is 28.4 Å². The molecule has 3 nitrogen and oxygen atoms in total. The van der Waals surface area contributed by atoms with Gasteiger partial charge in [-0.25, -0.2) is 0 Å². The Morgan fingerprint density at radius 3 is 2.58 bits per heavy atom. The highest BCUT2D eigenvalue weighted by Gasteiger charge is 2.36. The minimum atomic E-state index is -0.00838. The number of benzene rings is 2. The van der Waals surface area contributed by atoms with Gasteiger partial charge in [0.2, 0.25) is 5.91 Å². The van der Waals surface area contributed by atoms with Gasteiger partial charge >= 0.3 is 0 Å². The maximum atomic E-state index is 12.9. The molecule has 4 heteroatoms. The second kappa shape index (κ2) is 6.65. The molecule has 132 valence electrons. The van der Waals surface area contributed by atoms with Gasteiger partial charge in [-0.3, -0.25) is 4.79 Å². The van der Waals surface area contributed by atoms with Crippen LogP contribution >= 0.6 is 11.6 Å². The monoisotopic (exact) mass is 364 g/mol. The van der Waals surface area contributed by atoms with Crippen molar-refractivity contribution in [3.63, 3.8) is 0 Å². The van der Waals surface area contributed by atoms with Gasteiger partial charge in [-0.05, 0) is 49.6 Å². The number of amides is 1. The molecule has 4 rings (SSSR count). The van der Waals surface area contributed by atoms with Crippen molar-refractivity contribution in [1.82, 2.24) is 9.88 Å². The van der Waals surface area contributed by atoms with E-state index >= 15 is 0 Å². The zero-order valence-corrected chi connectivity index (χ0v) is 15.7. The number of para-hydroxylation sites is 1. The molecule has 3 aromatic rings. The minimum Gasteiger partial charge on any atom is -0.361 e. The van der Waals surface area contributed by atoms with E-state index in [0.29, 0.717) is 6.54 Å². The molecule has 1 aliphatic heterocycles. The van der Waals surface area contributed by atoms with E-state index in [-0.39, 0.29) is 11.9 Å². The smallest absolute Gasteiger partial charge is 0.250 e. The van der Waals surface area contributed by atoms with Crippen molar-refractivity contribution in [3.05, 3.63) is 82.0 Å². The van der Waals surface area contributed by atoms with Crippen LogP contribution in [0.3, 0.4) is 0 Å². The summed E-state index contributed by atoms with van der Waals surface area (Å²) in [4.78, 5) is 18.2. The molecule has 2 aromatic carbocycles. The molecule has 0 saturated heterocycles. The Morgan fingerprint density at radius 1 is 1.08 bits per heavy atom. The average Bonchev–Trinajstić information content (AvgIpc) is 3.16. The van der Waals surface area contributed by atoms with E-state index in [4.69, 9.17) is 11.6 Å². The molecule has 26 heavy (non-hydrogen) atoms. The summed E-state index contributed by atoms with van der Waals surface area (Å²) in [7, 11) is 0. The summed E-state index contributed by atoms with van der Waals surface area (Å²) in [6.45, 7) is 4.68. The highest BCUT2D eigenvalue weighted by atomic mass is 35.5. The van der Waals surface area contributed by atoms with Crippen LogP contribution in [-0.4, -0.2) is 22.3 Å². The molecule has 0 radical (unpaired) electrons. The SMILES string of the molecule is CC1=C(C)C(c2c[nH]c3ccccc23)N(CCc2ccc(Cl)cc2)C1=O. The molecule has 0 bridgehead atoms. The molecule has 0 aliphatic carbocycles. The first-order valence-electron chi connectivity index (χ1n) is 8.85. The van der Waals surface area contributed by atoms with Crippen molar-refractivity contribution < 1.29 is 4.79 Å². The predicted molar refractivity (Wildman–Crippen MR) is 106 cm³/mol. The van der Waals surface area contributed by atoms with E-state index in [2.05, 4.69) is 24.0 Å². The summed E-state index contributed by atoms with van der Waals surface area (Å²) in [5.74, 6) is 0.131.